The van der Waals surface area contributed by atoms with Gasteiger partial charge in [0, 0.05) is 5.92 Å². The Bertz CT molecular complexity index is 612. The highest BCUT2D eigenvalue weighted by atomic mass is 14.9. The van der Waals surface area contributed by atoms with E-state index in [0.29, 0.717) is 5.92 Å². The molecule has 1 saturated carbocycles. The maximum absolute atomic E-state index is 9.15. The lowest BCUT2D eigenvalue weighted by Crippen LogP contribution is -2.13. The van der Waals surface area contributed by atoms with Crippen LogP contribution in [0.5, 0.6) is 0 Å². The van der Waals surface area contributed by atoms with Gasteiger partial charge in [-0.15, -0.1) is 0 Å². The SMILES string of the molecule is CC(C)(C#N)c1ccc2nc(C3CC3)[nH]c2c1. The minimum absolute atomic E-state index is 0.445. The van der Waals surface area contributed by atoms with Crippen LogP contribution < -0.4 is 0 Å². The number of benzene rings is 1. The summed E-state index contributed by atoms with van der Waals surface area (Å²) in [6, 6.07) is 8.39. The maximum atomic E-state index is 9.15. The number of nitrogens with one attached hydrogen (secondary N) is 1. The van der Waals surface area contributed by atoms with Crippen molar-refractivity contribution in [3.05, 3.63) is 29.6 Å². The molecule has 1 heterocycles. The van der Waals surface area contributed by atoms with E-state index in [-0.39, 0.29) is 0 Å². The summed E-state index contributed by atoms with van der Waals surface area (Å²) in [5, 5.41) is 9.15. The summed E-state index contributed by atoms with van der Waals surface area (Å²) in [5.41, 5.74) is 2.65. The van der Waals surface area contributed by atoms with Crippen LogP contribution in [-0.2, 0) is 5.41 Å². The average molecular weight is 225 g/mol. The Morgan fingerprint density at radius 1 is 1.41 bits per heavy atom. The van der Waals surface area contributed by atoms with Gasteiger partial charge in [-0.1, -0.05) is 6.07 Å². The summed E-state index contributed by atoms with van der Waals surface area (Å²) < 4.78 is 0. The summed E-state index contributed by atoms with van der Waals surface area (Å²) in [4.78, 5) is 7.96. The number of imidazole rings is 1. The Balaban J connectivity index is 2.09. The Labute approximate surface area is 100 Å². The molecule has 0 bridgehead atoms. The summed E-state index contributed by atoms with van der Waals surface area (Å²) in [6.07, 6.45) is 2.49. The first kappa shape index (κ1) is 10.3. The van der Waals surface area contributed by atoms with Crippen LogP contribution in [0.15, 0.2) is 18.2 Å². The van der Waals surface area contributed by atoms with Crippen molar-refractivity contribution in [3.8, 4) is 6.07 Å². The lowest BCUT2D eigenvalue weighted by atomic mass is 9.86. The molecule has 1 aliphatic carbocycles. The Morgan fingerprint density at radius 3 is 2.82 bits per heavy atom. The van der Waals surface area contributed by atoms with E-state index >= 15 is 0 Å². The third-order valence-electron chi connectivity index (χ3n) is 3.47. The largest absolute Gasteiger partial charge is 0.342 e. The zero-order valence-electron chi connectivity index (χ0n) is 10.1. The Kier molecular flexibility index (Phi) is 2.03. The number of fused-ring (bicyclic) bond motifs is 1. The first-order valence-corrected chi connectivity index (χ1v) is 6.01. The first-order chi connectivity index (χ1) is 8.10. The van der Waals surface area contributed by atoms with E-state index in [1.54, 1.807) is 0 Å². The molecule has 1 fully saturated rings. The van der Waals surface area contributed by atoms with Crippen molar-refractivity contribution in [3.63, 3.8) is 0 Å². The van der Waals surface area contributed by atoms with Gasteiger partial charge in [-0.05, 0) is 44.4 Å². The van der Waals surface area contributed by atoms with E-state index < -0.39 is 5.41 Å². The van der Waals surface area contributed by atoms with Gasteiger partial charge in [0.15, 0.2) is 0 Å². The molecule has 0 spiro atoms. The fraction of sp³-hybridized carbons (Fsp3) is 0.429. The first-order valence-electron chi connectivity index (χ1n) is 6.01. The zero-order chi connectivity index (χ0) is 12.0. The van der Waals surface area contributed by atoms with Gasteiger partial charge in [-0.3, -0.25) is 0 Å². The summed E-state index contributed by atoms with van der Waals surface area (Å²) >= 11 is 0. The van der Waals surface area contributed by atoms with Gasteiger partial charge in [0.25, 0.3) is 0 Å². The lowest BCUT2D eigenvalue weighted by molar-refractivity contribution is 0.688. The second kappa shape index (κ2) is 3.33. The number of H-pyrrole nitrogens is 1. The lowest BCUT2D eigenvalue weighted by Gasteiger charge is -2.15. The van der Waals surface area contributed by atoms with Gasteiger partial charge < -0.3 is 4.98 Å². The molecule has 86 valence electrons. The third-order valence-corrected chi connectivity index (χ3v) is 3.47. The van der Waals surface area contributed by atoms with Crippen molar-refractivity contribution < 1.29 is 0 Å². The molecule has 1 N–H and O–H groups in total. The highest BCUT2D eigenvalue weighted by Crippen LogP contribution is 2.39. The molecule has 1 aliphatic rings. The number of aromatic amines is 1. The van der Waals surface area contributed by atoms with Crippen LogP contribution in [0.3, 0.4) is 0 Å². The monoisotopic (exact) mass is 225 g/mol. The van der Waals surface area contributed by atoms with Crippen molar-refractivity contribution in [2.24, 2.45) is 0 Å². The maximum Gasteiger partial charge on any atom is 0.110 e. The predicted molar refractivity (Wildman–Crippen MR) is 66.7 cm³/mol. The van der Waals surface area contributed by atoms with E-state index in [2.05, 4.69) is 22.1 Å². The smallest absolute Gasteiger partial charge is 0.110 e. The van der Waals surface area contributed by atoms with Crippen molar-refractivity contribution in [1.82, 2.24) is 9.97 Å². The van der Waals surface area contributed by atoms with Crippen molar-refractivity contribution in [2.45, 2.75) is 38.0 Å². The second-order valence-corrected chi connectivity index (χ2v) is 5.37. The third kappa shape index (κ3) is 1.70. The summed E-state index contributed by atoms with van der Waals surface area (Å²) in [5.74, 6) is 1.74. The molecule has 2 aromatic rings. The molecule has 1 aromatic heterocycles. The van der Waals surface area contributed by atoms with Gasteiger partial charge in [-0.2, -0.15) is 5.26 Å². The topological polar surface area (TPSA) is 52.5 Å². The van der Waals surface area contributed by atoms with Gasteiger partial charge in [0.1, 0.15) is 5.82 Å². The van der Waals surface area contributed by atoms with Crippen LogP contribution in [-0.4, -0.2) is 9.97 Å². The molecule has 1 aromatic carbocycles. The van der Waals surface area contributed by atoms with Gasteiger partial charge in [0.2, 0.25) is 0 Å². The summed E-state index contributed by atoms with van der Waals surface area (Å²) in [7, 11) is 0. The molecule has 17 heavy (non-hydrogen) atoms. The van der Waals surface area contributed by atoms with Crippen LogP contribution in [0, 0.1) is 11.3 Å². The molecular weight excluding hydrogens is 210 g/mol. The predicted octanol–water partition coefficient (Wildman–Crippen LogP) is 3.24. The van der Waals surface area contributed by atoms with Crippen LogP contribution in [0.25, 0.3) is 11.0 Å². The van der Waals surface area contributed by atoms with E-state index in [0.717, 1.165) is 22.4 Å². The zero-order valence-corrected chi connectivity index (χ0v) is 10.1. The fourth-order valence-electron chi connectivity index (χ4n) is 2.03. The molecular formula is C14H15N3. The number of hydrogen-bond acceptors (Lipinski definition) is 2. The normalized spacial score (nSPS) is 16.1. The van der Waals surface area contributed by atoms with Gasteiger partial charge >= 0.3 is 0 Å². The van der Waals surface area contributed by atoms with Crippen molar-refractivity contribution in [1.29, 1.82) is 5.26 Å². The Hall–Kier alpha value is -1.82. The van der Waals surface area contributed by atoms with Crippen LogP contribution in [0.2, 0.25) is 0 Å². The van der Waals surface area contributed by atoms with Crippen LogP contribution in [0.1, 0.15) is 44.0 Å². The second-order valence-electron chi connectivity index (χ2n) is 5.37. The fourth-order valence-corrected chi connectivity index (χ4v) is 2.03. The Morgan fingerprint density at radius 2 is 2.18 bits per heavy atom. The summed E-state index contributed by atoms with van der Waals surface area (Å²) in [6.45, 7) is 3.87. The molecule has 3 rings (SSSR count). The van der Waals surface area contributed by atoms with Crippen molar-refractivity contribution >= 4 is 11.0 Å². The molecule has 0 amide bonds. The molecule has 0 aliphatic heterocycles. The number of nitriles is 1. The highest BCUT2D eigenvalue weighted by Gasteiger charge is 2.27. The molecule has 0 radical (unpaired) electrons. The molecule has 3 heteroatoms. The molecule has 0 atom stereocenters. The number of aromatic nitrogens is 2. The average Bonchev–Trinajstić information content (AvgIpc) is 3.08. The van der Waals surface area contributed by atoms with E-state index in [9.17, 15) is 0 Å². The standard InChI is InChI=1S/C14H15N3/c1-14(2,8-15)10-5-6-11-12(7-10)17-13(16-11)9-3-4-9/h5-7,9H,3-4H2,1-2H3,(H,16,17). The van der Waals surface area contributed by atoms with E-state index in [4.69, 9.17) is 5.26 Å². The molecule has 0 unspecified atom stereocenters. The van der Waals surface area contributed by atoms with E-state index in [1.165, 1.54) is 12.8 Å². The van der Waals surface area contributed by atoms with Gasteiger partial charge in [-0.25, -0.2) is 4.98 Å². The number of hydrogen-bond donors (Lipinski definition) is 1. The van der Waals surface area contributed by atoms with Gasteiger partial charge in [0.05, 0.1) is 22.5 Å². The quantitative estimate of drug-likeness (QED) is 0.853. The van der Waals surface area contributed by atoms with E-state index in [1.807, 2.05) is 26.0 Å². The minimum atomic E-state index is -0.445. The number of rotatable bonds is 2. The van der Waals surface area contributed by atoms with Crippen LogP contribution >= 0.6 is 0 Å². The molecule has 3 nitrogen and oxygen atoms in total. The van der Waals surface area contributed by atoms with Crippen molar-refractivity contribution in [2.75, 3.05) is 0 Å². The van der Waals surface area contributed by atoms with Crippen LogP contribution in [0.4, 0.5) is 0 Å². The highest BCUT2D eigenvalue weighted by molar-refractivity contribution is 5.76. The number of nitrogens with zero attached hydrogens (tertiary/aromatic N) is 2. The molecule has 0 saturated heterocycles. The minimum Gasteiger partial charge on any atom is -0.342 e.